The molecule has 1 N–H and O–H groups in total. The first kappa shape index (κ1) is 10.9. The van der Waals surface area contributed by atoms with Gasteiger partial charge in [-0.05, 0) is 27.8 Å². The van der Waals surface area contributed by atoms with Crippen LogP contribution < -0.4 is 0 Å². The average molecular weight is 161 g/mol. The zero-order valence-electron chi connectivity index (χ0n) is 7.87. The Bertz CT molecular complexity index is 94.1. The van der Waals surface area contributed by atoms with Crippen molar-refractivity contribution in [2.45, 2.75) is 33.1 Å². The molecule has 0 aliphatic heterocycles. The molecule has 0 aliphatic carbocycles. The van der Waals surface area contributed by atoms with Gasteiger partial charge in [-0.25, -0.2) is 0 Å². The van der Waals surface area contributed by atoms with Gasteiger partial charge in [-0.15, -0.1) is 0 Å². The van der Waals surface area contributed by atoms with Crippen LogP contribution in [0.25, 0.3) is 0 Å². The molecule has 11 heavy (non-hydrogen) atoms. The summed E-state index contributed by atoms with van der Waals surface area (Å²) in [6.07, 6.45) is -0.643. The quantitative estimate of drug-likeness (QED) is 0.602. The van der Waals surface area contributed by atoms with Crippen molar-refractivity contribution in [1.29, 1.82) is 0 Å². The third-order valence-corrected chi connectivity index (χ3v) is 1.68. The number of ether oxygens (including phenoxy) is 1. The second kappa shape index (κ2) is 5.52. The standard InChI is InChI=1S/C8H19NO2/c1-7(2)9(4)5-6-11-8(3)10/h7-8,10H,5-6H2,1-4H3. The molecule has 0 amide bonds. The van der Waals surface area contributed by atoms with Gasteiger partial charge in [-0.3, -0.25) is 0 Å². The number of nitrogens with zero attached hydrogens (tertiary/aromatic N) is 1. The summed E-state index contributed by atoms with van der Waals surface area (Å²) in [5, 5.41) is 8.76. The molecule has 1 atom stereocenters. The van der Waals surface area contributed by atoms with E-state index in [-0.39, 0.29) is 0 Å². The van der Waals surface area contributed by atoms with Gasteiger partial charge in [0.1, 0.15) is 0 Å². The minimum atomic E-state index is -0.643. The highest BCUT2D eigenvalue weighted by Crippen LogP contribution is 1.93. The molecule has 0 aliphatic rings. The van der Waals surface area contributed by atoms with Crippen molar-refractivity contribution in [2.24, 2.45) is 0 Å². The first-order valence-corrected chi connectivity index (χ1v) is 4.04. The second-order valence-electron chi connectivity index (χ2n) is 3.04. The van der Waals surface area contributed by atoms with E-state index in [0.717, 1.165) is 6.54 Å². The average Bonchev–Trinajstić information content (AvgIpc) is 1.86. The summed E-state index contributed by atoms with van der Waals surface area (Å²) in [4.78, 5) is 2.17. The van der Waals surface area contributed by atoms with Gasteiger partial charge < -0.3 is 14.7 Å². The van der Waals surface area contributed by atoms with Crippen LogP contribution in [0.3, 0.4) is 0 Å². The summed E-state index contributed by atoms with van der Waals surface area (Å²) in [5.74, 6) is 0. The van der Waals surface area contributed by atoms with E-state index in [9.17, 15) is 0 Å². The molecular weight excluding hydrogens is 142 g/mol. The van der Waals surface area contributed by atoms with E-state index < -0.39 is 6.29 Å². The number of aliphatic hydroxyl groups excluding tert-OH is 1. The van der Waals surface area contributed by atoms with Crippen molar-refractivity contribution in [2.75, 3.05) is 20.2 Å². The van der Waals surface area contributed by atoms with Gasteiger partial charge in [-0.1, -0.05) is 0 Å². The molecule has 0 aromatic rings. The molecule has 0 aromatic heterocycles. The van der Waals surface area contributed by atoms with E-state index in [1.807, 2.05) is 7.05 Å². The molecule has 0 bridgehead atoms. The molecule has 0 saturated carbocycles. The number of rotatable bonds is 5. The van der Waals surface area contributed by atoms with Crippen LogP contribution in [0, 0.1) is 0 Å². The van der Waals surface area contributed by atoms with Crippen LogP contribution in [0.5, 0.6) is 0 Å². The molecular formula is C8H19NO2. The minimum Gasteiger partial charge on any atom is -0.368 e. The van der Waals surface area contributed by atoms with Gasteiger partial charge in [0.05, 0.1) is 6.61 Å². The van der Waals surface area contributed by atoms with Crippen molar-refractivity contribution in [1.82, 2.24) is 4.90 Å². The Balaban J connectivity index is 3.24. The van der Waals surface area contributed by atoms with Gasteiger partial charge in [0, 0.05) is 12.6 Å². The fraction of sp³-hybridized carbons (Fsp3) is 1.00. The summed E-state index contributed by atoms with van der Waals surface area (Å²) >= 11 is 0. The Morgan fingerprint density at radius 1 is 1.36 bits per heavy atom. The van der Waals surface area contributed by atoms with E-state index in [1.165, 1.54) is 0 Å². The van der Waals surface area contributed by atoms with Gasteiger partial charge in [0.15, 0.2) is 6.29 Å². The lowest BCUT2D eigenvalue weighted by Gasteiger charge is -2.20. The van der Waals surface area contributed by atoms with Crippen molar-refractivity contribution >= 4 is 0 Å². The van der Waals surface area contributed by atoms with Crippen LogP contribution in [0.15, 0.2) is 0 Å². The van der Waals surface area contributed by atoms with Crippen molar-refractivity contribution in [3.8, 4) is 0 Å². The van der Waals surface area contributed by atoms with Crippen molar-refractivity contribution in [3.63, 3.8) is 0 Å². The molecule has 0 heterocycles. The van der Waals surface area contributed by atoms with E-state index in [1.54, 1.807) is 6.92 Å². The van der Waals surface area contributed by atoms with Crippen LogP contribution in [0.4, 0.5) is 0 Å². The normalized spacial score (nSPS) is 14.5. The van der Waals surface area contributed by atoms with Crippen LogP contribution in [0.1, 0.15) is 20.8 Å². The molecule has 0 spiro atoms. The predicted octanol–water partition coefficient (Wildman–Crippen LogP) is 0.681. The first-order valence-electron chi connectivity index (χ1n) is 4.04. The van der Waals surface area contributed by atoms with Crippen molar-refractivity contribution < 1.29 is 9.84 Å². The van der Waals surface area contributed by atoms with Gasteiger partial charge in [-0.2, -0.15) is 0 Å². The molecule has 0 saturated heterocycles. The summed E-state index contributed by atoms with van der Waals surface area (Å²) in [7, 11) is 2.04. The number of hydrogen-bond acceptors (Lipinski definition) is 3. The third kappa shape index (κ3) is 6.28. The lowest BCUT2D eigenvalue weighted by molar-refractivity contribution is -0.0893. The maximum absolute atomic E-state index is 8.76. The van der Waals surface area contributed by atoms with E-state index in [4.69, 9.17) is 9.84 Å². The Morgan fingerprint density at radius 2 is 1.91 bits per heavy atom. The highest BCUT2D eigenvalue weighted by molar-refractivity contribution is 4.55. The minimum absolute atomic E-state index is 0.535. The predicted molar refractivity (Wildman–Crippen MR) is 45.4 cm³/mol. The maximum atomic E-state index is 8.76. The summed E-state index contributed by atoms with van der Waals surface area (Å²) in [5.41, 5.74) is 0. The van der Waals surface area contributed by atoms with Gasteiger partial charge >= 0.3 is 0 Å². The zero-order valence-corrected chi connectivity index (χ0v) is 7.87. The van der Waals surface area contributed by atoms with Crippen LogP contribution in [0.2, 0.25) is 0 Å². The molecule has 68 valence electrons. The molecule has 0 fully saturated rings. The Kier molecular flexibility index (Phi) is 5.46. The largest absolute Gasteiger partial charge is 0.368 e. The number of likely N-dealkylation sites (N-methyl/N-ethyl adjacent to an activating group) is 1. The van der Waals surface area contributed by atoms with Crippen LogP contribution in [-0.2, 0) is 4.74 Å². The van der Waals surface area contributed by atoms with E-state index in [2.05, 4.69) is 18.7 Å². The lowest BCUT2D eigenvalue weighted by atomic mass is 10.3. The van der Waals surface area contributed by atoms with Crippen LogP contribution >= 0.6 is 0 Å². The highest BCUT2D eigenvalue weighted by atomic mass is 16.6. The van der Waals surface area contributed by atoms with E-state index >= 15 is 0 Å². The molecule has 3 nitrogen and oxygen atoms in total. The van der Waals surface area contributed by atoms with Crippen molar-refractivity contribution in [3.05, 3.63) is 0 Å². The smallest absolute Gasteiger partial charge is 0.151 e. The first-order chi connectivity index (χ1) is 5.04. The summed E-state index contributed by atoms with van der Waals surface area (Å²) < 4.78 is 4.98. The molecule has 0 rings (SSSR count). The van der Waals surface area contributed by atoms with Crippen LogP contribution in [-0.4, -0.2) is 42.5 Å². The third-order valence-electron chi connectivity index (χ3n) is 1.68. The highest BCUT2D eigenvalue weighted by Gasteiger charge is 2.02. The second-order valence-corrected chi connectivity index (χ2v) is 3.04. The van der Waals surface area contributed by atoms with E-state index in [0.29, 0.717) is 12.6 Å². The number of aliphatic hydroxyl groups is 1. The number of hydrogen-bond donors (Lipinski definition) is 1. The Labute approximate surface area is 69.0 Å². The summed E-state index contributed by atoms with van der Waals surface area (Å²) in [6, 6.07) is 0.535. The molecule has 0 radical (unpaired) electrons. The van der Waals surface area contributed by atoms with Gasteiger partial charge in [0.2, 0.25) is 0 Å². The van der Waals surface area contributed by atoms with Gasteiger partial charge in [0.25, 0.3) is 0 Å². The summed E-state index contributed by atoms with van der Waals surface area (Å²) in [6.45, 7) is 7.33. The SMILES string of the molecule is CC(O)OCCN(C)C(C)C. The lowest BCUT2D eigenvalue weighted by Crippen LogP contribution is -2.30. The zero-order chi connectivity index (χ0) is 8.85. The Hall–Kier alpha value is -0.120. The molecule has 3 heteroatoms. The fourth-order valence-electron chi connectivity index (χ4n) is 0.625. The molecule has 1 unspecified atom stereocenters. The topological polar surface area (TPSA) is 32.7 Å². The molecule has 0 aromatic carbocycles. The maximum Gasteiger partial charge on any atom is 0.151 e. The fourth-order valence-corrected chi connectivity index (χ4v) is 0.625. The monoisotopic (exact) mass is 161 g/mol. The Morgan fingerprint density at radius 3 is 2.27 bits per heavy atom.